The SMILES string of the molecule is Cc1ccccc1CN1CCCn2nc(C(=O)NC(C)C(=O)NCc3ccc4c(c3)OCO4)cc2C1=O. The number of hydrogen-bond acceptors (Lipinski definition) is 6. The zero-order valence-corrected chi connectivity index (χ0v) is 20.8. The smallest absolute Gasteiger partial charge is 0.272 e. The Morgan fingerprint density at radius 3 is 2.73 bits per heavy atom. The third-order valence-corrected chi connectivity index (χ3v) is 6.58. The lowest BCUT2D eigenvalue weighted by atomic mass is 10.1. The van der Waals surface area contributed by atoms with Crippen molar-refractivity contribution >= 4 is 17.7 Å². The Kier molecular flexibility index (Phi) is 6.80. The molecule has 37 heavy (non-hydrogen) atoms. The van der Waals surface area contributed by atoms with Crippen molar-refractivity contribution in [3.63, 3.8) is 0 Å². The number of nitrogens with one attached hydrogen (secondary N) is 2. The highest BCUT2D eigenvalue weighted by Gasteiger charge is 2.27. The van der Waals surface area contributed by atoms with Gasteiger partial charge in [0.2, 0.25) is 12.7 Å². The molecule has 2 aliphatic heterocycles. The van der Waals surface area contributed by atoms with Crippen LogP contribution in [0.15, 0.2) is 48.5 Å². The van der Waals surface area contributed by atoms with E-state index >= 15 is 0 Å². The third-order valence-electron chi connectivity index (χ3n) is 6.58. The highest BCUT2D eigenvalue weighted by molar-refractivity contribution is 5.99. The second-order valence-electron chi connectivity index (χ2n) is 9.25. The molecule has 2 aromatic carbocycles. The summed E-state index contributed by atoms with van der Waals surface area (Å²) in [6.45, 7) is 5.73. The lowest BCUT2D eigenvalue weighted by Gasteiger charge is -2.21. The van der Waals surface area contributed by atoms with Crippen LogP contribution in [0.5, 0.6) is 11.5 Å². The van der Waals surface area contributed by atoms with E-state index in [2.05, 4.69) is 15.7 Å². The van der Waals surface area contributed by atoms with Gasteiger partial charge in [0.15, 0.2) is 17.2 Å². The minimum Gasteiger partial charge on any atom is -0.454 e. The fraction of sp³-hybridized carbons (Fsp3) is 0.333. The van der Waals surface area contributed by atoms with Crippen LogP contribution in [0, 0.1) is 6.92 Å². The van der Waals surface area contributed by atoms with Crippen molar-refractivity contribution in [1.82, 2.24) is 25.3 Å². The van der Waals surface area contributed by atoms with Crippen LogP contribution >= 0.6 is 0 Å². The molecule has 1 unspecified atom stereocenters. The number of carbonyl (C=O) groups is 3. The van der Waals surface area contributed by atoms with E-state index in [1.807, 2.05) is 43.3 Å². The molecule has 0 spiro atoms. The lowest BCUT2D eigenvalue weighted by Crippen LogP contribution is -2.44. The molecule has 0 saturated carbocycles. The summed E-state index contributed by atoms with van der Waals surface area (Å²) in [5, 5.41) is 9.84. The summed E-state index contributed by atoms with van der Waals surface area (Å²) in [6, 6.07) is 14.1. The Morgan fingerprint density at radius 2 is 1.89 bits per heavy atom. The van der Waals surface area contributed by atoms with Gasteiger partial charge >= 0.3 is 0 Å². The van der Waals surface area contributed by atoms with Crippen molar-refractivity contribution < 1.29 is 23.9 Å². The van der Waals surface area contributed by atoms with Crippen molar-refractivity contribution in [2.45, 2.75) is 45.9 Å². The van der Waals surface area contributed by atoms with Crippen molar-refractivity contribution in [2.24, 2.45) is 0 Å². The van der Waals surface area contributed by atoms with Gasteiger partial charge in [-0.15, -0.1) is 0 Å². The number of amides is 3. The molecule has 0 fully saturated rings. The maximum atomic E-state index is 13.3. The standard InChI is InChI=1S/C27H29N5O5/c1-17-6-3-4-7-20(17)15-31-10-5-11-32-22(27(31)35)13-21(30-32)26(34)29-18(2)25(33)28-14-19-8-9-23-24(12-19)37-16-36-23/h3-4,6-9,12-13,18H,5,10-11,14-16H2,1-2H3,(H,28,33)(H,29,34). The topological polar surface area (TPSA) is 115 Å². The molecule has 10 nitrogen and oxygen atoms in total. The molecule has 192 valence electrons. The van der Waals surface area contributed by atoms with Gasteiger partial charge in [-0.2, -0.15) is 5.10 Å². The predicted molar refractivity (Wildman–Crippen MR) is 134 cm³/mol. The predicted octanol–water partition coefficient (Wildman–Crippen LogP) is 2.40. The molecule has 1 aromatic heterocycles. The first-order valence-electron chi connectivity index (χ1n) is 12.3. The van der Waals surface area contributed by atoms with Crippen molar-refractivity contribution in [1.29, 1.82) is 0 Å². The van der Waals surface area contributed by atoms with Crippen molar-refractivity contribution in [2.75, 3.05) is 13.3 Å². The molecule has 0 aliphatic carbocycles. The molecular weight excluding hydrogens is 474 g/mol. The molecule has 10 heteroatoms. The number of aromatic nitrogens is 2. The third kappa shape index (κ3) is 5.28. The minimum absolute atomic E-state index is 0.108. The fourth-order valence-electron chi connectivity index (χ4n) is 4.42. The maximum absolute atomic E-state index is 13.3. The number of nitrogens with zero attached hydrogens (tertiary/aromatic N) is 3. The summed E-state index contributed by atoms with van der Waals surface area (Å²) in [7, 11) is 0. The molecule has 2 N–H and O–H groups in total. The summed E-state index contributed by atoms with van der Waals surface area (Å²) >= 11 is 0. The number of carbonyl (C=O) groups excluding carboxylic acids is 3. The van der Waals surface area contributed by atoms with Gasteiger partial charge in [-0.1, -0.05) is 30.3 Å². The van der Waals surface area contributed by atoms with Gasteiger partial charge in [-0.3, -0.25) is 19.1 Å². The normalized spacial score (nSPS) is 15.1. The second kappa shape index (κ2) is 10.3. The van der Waals surface area contributed by atoms with E-state index in [0.717, 1.165) is 23.1 Å². The number of fused-ring (bicyclic) bond motifs is 2. The zero-order valence-electron chi connectivity index (χ0n) is 20.8. The summed E-state index contributed by atoms with van der Waals surface area (Å²) < 4.78 is 12.2. The highest BCUT2D eigenvalue weighted by atomic mass is 16.7. The molecule has 0 bridgehead atoms. The molecule has 5 rings (SSSR count). The quantitative estimate of drug-likeness (QED) is 0.512. The Morgan fingerprint density at radius 1 is 1.08 bits per heavy atom. The number of aryl methyl sites for hydroxylation is 2. The first kappa shape index (κ1) is 24.4. The average molecular weight is 504 g/mol. The van der Waals surface area contributed by atoms with E-state index in [1.54, 1.807) is 22.6 Å². The molecule has 0 radical (unpaired) electrons. The highest BCUT2D eigenvalue weighted by Crippen LogP contribution is 2.32. The molecule has 2 aliphatic rings. The first-order chi connectivity index (χ1) is 17.9. The Hall–Kier alpha value is -4.34. The summed E-state index contributed by atoms with van der Waals surface area (Å²) in [6.07, 6.45) is 0.728. The van der Waals surface area contributed by atoms with Crippen LogP contribution in [0.3, 0.4) is 0 Å². The molecule has 3 aromatic rings. The van der Waals surface area contributed by atoms with Crippen LogP contribution < -0.4 is 20.1 Å². The summed E-state index contributed by atoms with van der Waals surface area (Å²) in [5.74, 6) is 0.296. The summed E-state index contributed by atoms with van der Waals surface area (Å²) in [5.41, 5.74) is 3.54. The molecule has 3 heterocycles. The van der Waals surface area contributed by atoms with E-state index in [9.17, 15) is 14.4 Å². The van der Waals surface area contributed by atoms with Gasteiger partial charge in [0, 0.05) is 32.2 Å². The van der Waals surface area contributed by atoms with Crippen LogP contribution in [-0.2, 0) is 24.4 Å². The molecule has 1 atom stereocenters. The van der Waals surface area contributed by atoms with E-state index in [0.29, 0.717) is 36.8 Å². The monoisotopic (exact) mass is 503 g/mol. The van der Waals surface area contributed by atoms with Gasteiger partial charge in [0.1, 0.15) is 11.7 Å². The minimum atomic E-state index is -0.795. The van der Waals surface area contributed by atoms with Gasteiger partial charge < -0.3 is 25.0 Å². The fourth-order valence-corrected chi connectivity index (χ4v) is 4.42. The van der Waals surface area contributed by atoms with Crippen LogP contribution in [-0.4, -0.2) is 51.8 Å². The van der Waals surface area contributed by atoms with Crippen LogP contribution in [0.25, 0.3) is 0 Å². The largest absolute Gasteiger partial charge is 0.454 e. The number of hydrogen-bond donors (Lipinski definition) is 2. The van der Waals surface area contributed by atoms with E-state index in [-0.39, 0.29) is 30.8 Å². The van der Waals surface area contributed by atoms with Crippen LogP contribution in [0.2, 0.25) is 0 Å². The van der Waals surface area contributed by atoms with Gasteiger partial charge in [-0.05, 0) is 49.1 Å². The van der Waals surface area contributed by atoms with Crippen LogP contribution in [0.4, 0.5) is 0 Å². The number of ether oxygens (including phenoxy) is 2. The average Bonchev–Trinajstić information content (AvgIpc) is 3.51. The second-order valence-corrected chi connectivity index (χ2v) is 9.25. The Labute approximate surface area is 214 Å². The Bertz CT molecular complexity index is 1350. The number of rotatable bonds is 7. The Balaban J connectivity index is 1.20. The van der Waals surface area contributed by atoms with E-state index in [1.165, 1.54) is 6.07 Å². The van der Waals surface area contributed by atoms with Crippen LogP contribution in [0.1, 0.15) is 51.0 Å². The maximum Gasteiger partial charge on any atom is 0.272 e. The van der Waals surface area contributed by atoms with Gasteiger partial charge in [-0.25, -0.2) is 0 Å². The number of benzene rings is 2. The molecule has 0 saturated heterocycles. The van der Waals surface area contributed by atoms with Crippen molar-refractivity contribution in [3.8, 4) is 11.5 Å². The molecular formula is C27H29N5O5. The summed E-state index contributed by atoms with van der Waals surface area (Å²) in [4.78, 5) is 40.5. The lowest BCUT2D eigenvalue weighted by molar-refractivity contribution is -0.122. The van der Waals surface area contributed by atoms with Gasteiger partial charge in [0.05, 0.1) is 0 Å². The van der Waals surface area contributed by atoms with Gasteiger partial charge in [0.25, 0.3) is 11.8 Å². The van der Waals surface area contributed by atoms with Crippen molar-refractivity contribution in [3.05, 3.63) is 76.6 Å². The zero-order chi connectivity index (χ0) is 25.9. The molecule has 3 amide bonds. The van der Waals surface area contributed by atoms with E-state index in [4.69, 9.17) is 9.47 Å². The van der Waals surface area contributed by atoms with E-state index < -0.39 is 11.9 Å². The first-order valence-corrected chi connectivity index (χ1v) is 12.3.